The Labute approximate surface area is 469 Å². The van der Waals surface area contributed by atoms with Crippen LogP contribution in [0.2, 0.25) is 0 Å². The first-order valence-corrected chi connectivity index (χ1v) is 27.9. The highest BCUT2D eigenvalue weighted by atomic mass is 16.3. The third kappa shape index (κ3) is 7.23. The van der Waals surface area contributed by atoms with Crippen molar-refractivity contribution < 1.29 is 8.83 Å². The van der Waals surface area contributed by atoms with Crippen LogP contribution < -0.4 is 9.80 Å². The molecule has 2 heterocycles. The van der Waals surface area contributed by atoms with Crippen LogP contribution >= 0.6 is 0 Å². The smallest absolute Gasteiger partial charge is 0.159 e. The predicted molar refractivity (Wildman–Crippen MR) is 339 cm³/mol. The van der Waals surface area contributed by atoms with Crippen LogP contribution in [0.1, 0.15) is 25.0 Å². The standard InChI is InChI=1S/C77H52N2O2/c1-77(2)66-40-20-35-58-65-47-54(78(52-29-14-6-15-30-52)68-41-21-38-62-60-36-18-33-56(73(60)80-75(62)68)49-23-8-3-9-24-49)43-45-59(65)70(51-27-12-5-13-28-51)72(71(58)66)64-46-44-55(48-67(64)77)79(53-31-16-7-17-32-53)69-42-22-39-63-61-37-19-34-57(74(61)81-76(63)69)50-25-10-4-11-26-50/h3-48H,1-2H3. The van der Waals surface area contributed by atoms with Crippen molar-refractivity contribution in [3.8, 4) is 44.5 Å². The molecule has 382 valence electrons. The minimum Gasteiger partial charge on any atom is -0.453 e. The number of para-hydroxylation sites is 6. The number of fused-ring (bicyclic) bond motifs is 10. The van der Waals surface area contributed by atoms with E-state index < -0.39 is 5.41 Å². The fourth-order valence-electron chi connectivity index (χ4n) is 13.3. The Hall–Kier alpha value is -10.4. The lowest BCUT2D eigenvalue weighted by Gasteiger charge is -2.38. The van der Waals surface area contributed by atoms with E-state index in [4.69, 9.17) is 8.83 Å². The summed E-state index contributed by atoms with van der Waals surface area (Å²) >= 11 is 0. The van der Waals surface area contributed by atoms with Gasteiger partial charge < -0.3 is 18.6 Å². The minimum atomic E-state index is -0.402. The summed E-state index contributed by atoms with van der Waals surface area (Å²) in [6, 6.07) is 101. The van der Waals surface area contributed by atoms with Crippen LogP contribution in [0.15, 0.2) is 288 Å². The monoisotopic (exact) mass is 1040 g/mol. The molecule has 16 rings (SSSR count). The lowest BCUT2D eigenvalue weighted by atomic mass is 9.66. The molecule has 0 saturated carbocycles. The van der Waals surface area contributed by atoms with Crippen molar-refractivity contribution in [3.05, 3.63) is 290 Å². The summed E-state index contributed by atoms with van der Waals surface area (Å²) in [5.74, 6) is 0. The summed E-state index contributed by atoms with van der Waals surface area (Å²) in [5, 5.41) is 9.24. The normalized spacial score (nSPS) is 12.7. The van der Waals surface area contributed by atoms with Gasteiger partial charge in [0.2, 0.25) is 0 Å². The Morgan fingerprint density at radius 2 is 0.704 bits per heavy atom. The zero-order valence-electron chi connectivity index (χ0n) is 44.8. The Morgan fingerprint density at radius 1 is 0.272 bits per heavy atom. The molecule has 0 spiro atoms. The van der Waals surface area contributed by atoms with Gasteiger partial charge in [-0.3, -0.25) is 0 Å². The van der Waals surface area contributed by atoms with Crippen molar-refractivity contribution in [2.75, 3.05) is 9.80 Å². The third-order valence-electron chi connectivity index (χ3n) is 17.0. The fourth-order valence-corrected chi connectivity index (χ4v) is 13.3. The van der Waals surface area contributed by atoms with Crippen molar-refractivity contribution in [1.29, 1.82) is 0 Å². The maximum Gasteiger partial charge on any atom is 0.159 e. The van der Waals surface area contributed by atoms with Gasteiger partial charge in [-0.25, -0.2) is 0 Å². The zero-order chi connectivity index (χ0) is 53.8. The second-order valence-electron chi connectivity index (χ2n) is 21.9. The van der Waals surface area contributed by atoms with Gasteiger partial charge in [0.05, 0.1) is 11.4 Å². The second kappa shape index (κ2) is 18.3. The number of hydrogen-bond acceptors (Lipinski definition) is 4. The maximum atomic E-state index is 7.11. The van der Waals surface area contributed by atoms with Gasteiger partial charge in [-0.2, -0.15) is 0 Å². The molecule has 15 aromatic rings. The molecule has 0 atom stereocenters. The Bertz CT molecular complexity index is 4950. The Kier molecular flexibility index (Phi) is 10.6. The quantitative estimate of drug-likeness (QED) is 0.135. The molecule has 0 saturated heterocycles. The largest absolute Gasteiger partial charge is 0.453 e. The number of nitrogens with zero attached hydrogens (tertiary/aromatic N) is 2. The molecule has 0 unspecified atom stereocenters. The van der Waals surface area contributed by atoms with Crippen LogP contribution in [0.5, 0.6) is 0 Å². The van der Waals surface area contributed by atoms with Gasteiger partial charge in [0.1, 0.15) is 11.2 Å². The van der Waals surface area contributed by atoms with Crippen molar-refractivity contribution >= 4 is 99.5 Å². The van der Waals surface area contributed by atoms with E-state index in [-0.39, 0.29) is 0 Å². The summed E-state index contributed by atoms with van der Waals surface area (Å²) in [7, 11) is 0. The molecular weight excluding hydrogens is 985 g/mol. The molecule has 1 aliphatic carbocycles. The molecular formula is C77H52N2O2. The highest BCUT2D eigenvalue weighted by molar-refractivity contribution is 6.25. The molecule has 0 aliphatic heterocycles. The van der Waals surface area contributed by atoms with Crippen LogP contribution in [0.3, 0.4) is 0 Å². The summed E-state index contributed by atoms with van der Waals surface area (Å²) in [6.45, 7) is 4.81. The van der Waals surface area contributed by atoms with E-state index in [1.807, 2.05) is 0 Å². The molecule has 0 radical (unpaired) electrons. The van der Waals surface area contributed by atoms with Gasteiger partial charge in [-0.05, 0) is 127 Å². The van der Waals surface area contributed by atoms with Gasteiger partial charge >= 0.3 is 0 Å². The maximum absolute atomic E-state index is 7.11. The van der Waals surface area contributed by atoms with E-state index in [0.717, 1.165) is 100 Å². The van der Waals surface area contributed by atoms with Gasteiger partial charge in [0.25, 0.3) is 0 Å². The van der Waals surface area contributed by atoms with Crippen LogP contribution in [-0.2, 0) is 5.41 Å². The number of hydrogen-bond donors (Lipinski definition) is 0. The average Bonchev–Trinajstić information content (AvgIpc) is 4.20. The second-order valence-corrected chi connectivity index (χ2v) is 21.9. The van der Waals surface area contributed by atoms with Crippen molar-refractivity contribution in [2.45, 2.75) is 19.3 Å². The van der Waals surface area contributed by atoms with E-state index in [0.29, 0.717) is 0 Å². The van der Waals surface area contributed by atoms with Gasteiger partial charge in [-0.15, -0.1) is 0 Å². The summed E-state index contributed by atoms with van der Waals surface area (Å²) in [6.07, 6.45) is 0. The molecule has 0 fully saturated rings. The van der Waals surface area contributed by atoms with Crippen LogP contribution in [0.25, 0.3) is 110 Å². The fraction of sp³-hybridized carbons (Fsp3) is 0.0390. The number of benzene rings is 13. The molecule has 2 aromatic heterocycles. The van der Waals surface area contributed by atoms with Crippen molar-refractivity contribution in [1.82, 2.24) is 0 Å². The highest BCUT2D eigenvalue weighted by Crippen LogP contribution is 2.57. The van der Waals surface area contributed by atoms with Crippen LogP contribution in [0.4, 0.5) is 34.1 Å². The summed E-state index contributed by atoms with van der Waals surface area (Å²) in [5.41, 5.74) is 21.1. The highest BCUT2D eigenvalue weighted by Gasteiger charge is 2.37. The first kappa shape index (κ1) is 46.7. The van der Waals surface area contributed by atoms with Gasteiger partial charge in [0, 0.05) is 60.8 Å². The molecule has 0 bridgehead atoms. The molecule has 4 nitrogen and oxygen atoms in total. The number of furan rings is 2. The molecule has 1 aliphatic rings. The molecule has 0 N–H and O–H groups in total. The SMILES string of the molecule is CC1(C)c2cc(N(c3ccccc3)c3cccc4c3oc3c(-c5ccccc5)cccc34)ccc2-c2c(-c3ccccc3)c3ccc(N(c4ccccc4)c4cccc5c4oc4c(-c6ccccc6)cccc45)cc3c3cccc1c23. The molecule has 13 aromatic carbocycles. The van der Waals surface area contributed by atoms with Gasteiger partial charge in [-0.1, -0.05) is 232 Å². The first-order valence-electron chi connectivity index (χ1n) is 27.9. The topological polar surface area (TPSA) is 32.8 Å². The number of rotatable bonds is 9. The zero-order valence-corrected chi connectivity index (χ0v) is 44.8. The Balaban J connectivity index is 0.911. The van der Waals surface area contributed by atoms with E-state index >= 15 is 0 Å². The summed E-state index contributed by atoms with van der Waals surface area (Å²) < 4.78 is 14.2. The molecule has 4 heteroatoms. The van der Waals surface area contributed by atoms with Crippen LogP contribution in [-0.4, -0.2) is 0 Å². The lowest BCUT2D eigenvalue weighted by molar-refractivity contribution is 0.645. The van der Waals surface area contributed by atoms with E-state index in [9.17, 15) is 0 Å². The first-order chi connectivity index (χ1) is 40.0. The van der Waals surface area contributed by atoms with E-state index in [1.54, 1.807) is 0 Å². The third-order valence-corrected chi connectivity index (χ3v) is 17.0. The lowest BCUT2D eigenvalue weighted by Crippen LogP contribution is -2.24. The summed E-state index contributed by atoms with van der Waals surface area (Å²) in [4.78, 5) is 4.75. The van der Waals surface area contributed by atoms with E-state index in [1.165, 1.54) is 54.9 Å². The van der Waals surface area contributed by atoms with Crippen molar-refractivity contribution in [3.63, 3.8) is 0 Å². The molecule has 0 amide bonds. The number of anilines is 6. The van der Waals surface area contributed by atoms with E-state index in [2.05, 4.69) is 303 Å². The molecule has 81 heavy (non-hydrogen) atoms. The predicted octanol–water partition coefficient (Wildman–Crippen LogP) is 22.0. The average molecular weight is 1040 g/mol. The Morgan fingerprint density at radius 3 is 1.23 bits per heavy atom. The minimum absolute atomic E-state index is 0.402. The van der Waals surface area contributed by atoms with Crippen molar-refractivity contribution in [2.24, 2.45) is 0 Å². The van der Waals surface area contributed by atoms with Gasteiger partial charge in [0.15, 0.2) is 11.2 Å². The van der Waals surface area contributed by atoms with Crippen LogP contribution in [0, 0.1) is 0 Å².